The van der Waals surface area contributed by atoms with Crippen LogP contribution in [0.4, 0.5) is 0 Å². The minimum Gasteiger partial charge on any atom is -0.491 e. The van der Waals surface area contributed by atoms with Crippen molar-refractivity contribution in [1.29, 1.82) is 0 Å². The predicted molar refractivity (Wildman–Crippen MR) is 68.6 cm³/mol. The molecule has 1 aliphatic heterocycles. The summed E-state index contributed by atoms with van der Waals surface area (Å²) in [7, 11) is 1.37. The lowest BCUT2D eigenvalue weighted by Gasteiger charge is -2.23. The van der Waals surface area contributed by atoms with Gasteiger partial charge in [-0.05, 0) is 30.7 Å². The molecule has 19 heavy (non-hydrogen) atoms. The summed E-state index contributed by atoms with van der Waals surface area (Å²) in [5.74, 6) is 0.368. The number of rotatable bonds is 4. The molecular weight excluding hydrogens is 248 g/mol. The van der Waals surface area contributed by atoms with Crippen molar-refractivity contribution in [3.05, 3.63) is 29.3 Å². The fourth-order valence-corrected chi connectivity index (χ4v) is 1.89. The van der Waals surface area contributed by atoms with Gasteiger partial charge in [0.05, 0.1) is 32.5 Å². The van der Waals surface area contributed by atoms with E-state index in [1.165, 1.54) is 7.11 Å². The van der Waals surface area contributed by atoms with E-state index in [-0.39, 0.29) is 12.1 Å². The Morgan fingerprint density at radius 2 is 2.26 bits per heavy atom. The van der Waals surface area contributed by atoms with Crippen LogP contribution in [0, 0.1) is 6.92 Å². The summed E-state index contributed by atoms with van der Waals surface area (Å²) in [5, 5.41) is 0. The van der Waals surface area contributed by atoms with Gasteiger partial charge in [-0.15, -0.1) is 0 Å². The van der Waals surface area contributed by atoms with Crippen molar-refractivity contribution < 1.29 is 23.7 Å². The number of ether oxygens (including phenoxy) is 4. The molecule has 0 aromatic heterocycles. The molecule has 1 heterocycles. The van der Waals surface area contributed by atoms with Gasteiger partial charge in [0.25, 0.3) is 0 Å². The molecule has 0 spiro atoms. The number of carbonyl (C=O) groups excluding carboxylic acids is 1. The lowest BCUT2D eigenvalue weighted by molar-refractivity contribution is -0.101. The molecule has 5 nitrogen and oxygen atoms in total. The van der Waals surface area contributed by atoms with Crippen molar-refractivity contribution in [2.75, 3.05) is 33.5 Å². The van der Waals surface area contributed by atoms with Crippen molar-refractivity contribution in [3.8, 4) is 5.75 Å². The third kappa shape index (κ3) is 3.68. The molecule has 1 aromatic rings. The second-order valence-electron chi connectivity index (χ2n) is 4.35. The van der Waals surface area contributed by atoms with E-state index >= 15 is 0 Å². The highest BCUT2D eigenvalue weighted by Gasteiger charge is 2.15. The van der Waals surface area contributed by atoms with Crippen LogP contribution < -0.4 is 4.74 Å². The maximum Gasteiger partial charge on any atom is 0.338 e. The van der Waals surface area contributed by atoms with Crippen LogP contribution in [0.25, 0.3) is 0 Å². The SMILES string of the molecule is COC(=O)c1ccc(OC[C@H]2COCCO2)cc1C. The molecule has 0 saturated carbocycles. The van der Waals surface area contributed by atoms with Gasteiger partial charge in [-0.25, -0.2) is 4.79 Å². The molecule has 0 N–H and O–H groups in total. The fraction of sp³-hybridized carbons (Fsp3) is 0.500. The molecule has 0 unspecified atom stereocenters. The highest BCUT2D eigenvalue weighted by Crippen LogP contribution is 2.18. The van der Waals surface area contributed by atoms with E-state index in [9.17, 15) is 4.79 Å². The third-order valence-electron chi connectivity index (χ3n) is 2.92. The number of methoxy groups -OCH3 is 1. The van der Waals surface area contributed by atoms with Gasteiger partial charge in [0, 0.05) is 0 Å². The minimum atomic E-state index is -0.340. The molecule has 1 saturated heterocycles. The van der Waals surface area contributed by atoms with Crippen LogP contribution >= 0.6 is 0 Å². The Morgan fingerprint density at radius 3 is 2.89 bits per heavy atom. The Hall–Kier alpha value is -1.59. The first-order chi connectivity index (χ1) is 9.20. The van der Waals surface area contributed by atoms with Crippen molar-refractivity contribution in [1.82, 2.24) is 0 Å². The average Bonchev–Trinajstić information content (AvgIpc) is 2.45. The average molecular weight is 266 g/mol. The summed E-state index contributed by atoms with van der Waals surface area (Å²) in [6.45, 7) is 4.09. The number of carbonyl (C=O) groups is 1. The summed E-state index contributed by atoms with van der Waals surface area (Å²) >= 11 is 0. The molecule has 0 bridgehead atoms. The first-order valence-corrected chi connectivity index (χ1v) is 6.22. The molecule has 1 aliphatic rings. The molecular formula is C14H18O5. The molecule has 104 valence electrons. The molecule has 2 rings (SSSR count). The van der Waals surface area contributed by atoms with E-state index in [1.807, 2.05) is 13.0 Å². The molecule has 1 fully saturated rings. The first kappa shape index (κ1) is 13.8. The maximum absolute atomic E-state index is 11.5. The largest absolute Gasteiger partial charge is 0.491 e. The number of benzene rings is 1. The van der Waals surface area contributed by atoms with Crippen LogP contribution in [0.2, 0.25) is 0 Å². The highest BCUT2D eigenvalue weighted by molar-refractivity contribution is 5.91. The summed E-state index contributed by atoms with van der Waals surface area (Å²) in [6, 6.07) is 5.27. The van der Waals surface area contributed by atoms with Crippen LogP contribution in [-0.4, -0.2) is 45.6 Å². The van der Waals surface area contributed by atoms with E-state index in [4.69, 9.17) is 18.9 Å². The topological polar surface area (TPSA) is 54.0 Å². The number of aryl methyl sites for hydroxylation is 1. The Kier molecular flexibility index (Phi) is 4.76. The fourth-order valence-electron chi connectivity index (χ4n) is 1.89. The molecule has 5 heteroatoms. The lowest BCUT2D eigenvalue weighted by atomic mass is 10.1. The zero-order chi connectivity index (χ0) is 13.7. The first-order valence-electron chi connectivity index (χ1n) is 6.22. The zero-order valence-corrected chi connectivity index (χ0v) is 11.2. The Labute approximate surface area is 112 Å². The van der Waals surface area contributed by atoms with Gasteiger partial charge < -0.3 is 18.9 Å². The Bertz CT molecular complexity index is 437. The van der Waals surface area contributed by atoms with Crippen LogP contribution in [0.3, 0.4) is 0 Å². The van der Waals surface area contributed by atoms with Crippen molar-refractivity contribution in [2.24, 2.45) is 0 Å². The number of hydrogen-bond acceptors (Lipinski definition) is 5. The van der Waals surface area contributed by atoms with Gasteiger partial charge >= 0.3 is 5.97 Å². The molecule has 1 atom stereocenters. The van der Waals surface area contributed by atoms with Crippen molar-refractivity contribution >= 4 is 5.97 Å². The second kappa shape index (κ2) is 6.54. The second-order valence-corrected chi connectivity index (χ2v) is 4.35. The Morgan fingerprint density at radius 1 is 1.42 bits per heavy atom. The zero-order valence-electron chi connectivity index (χ0n) is 11.2. The van der Waals surface area contributed by atoms with E-state index < -0.39 is 0 Å². The standard InChI is InChI=1S/C14H18O5/c1-10-7-11(3-4-13(10)14(15)16-2)19-9-12-8-17-5-6-18-12/h3-4,7,12H,5-6,8-9H2,1-2H3/t12-/m1/s1. The molecule has 0 aliphatic carbocycles. The highest BCUT2D eigenvalue weighted by atomic mass is 16.6. The van der Waals surface area contributed by atoms with Gasteiger partial charge in [0.15, 0.2) is 0 Å². The van der Waals surface area contributed by atoms with Crippen LogP contribution in [-0.2, 0) is 14.2 Å². The van der Waals surface area contributed by atoms with Gasteiger partial charge in [0.2, 0.25) is 0 Å². The number of esters is 1. The van der Waals surface area contributed by atoms with Crippen molar-refractivity contribution in [3.63, 3.8) is 0 Å². The van der Waals surface area contributed by atoms with Gasteiger partial charge in [-0.1, -0.05) is 0 Å². The molecule has 1 aromatic carbocycles. The molecule has 0 amide bonds. The third-order valence-corrected chi connectivity index (χ3v) is 2.92. The maximum atomic E-state index is 11.5. The van der Waals surface area contributed by atoms with E-state index in [0.717, 1.165) is 5.56 Å². The van der Waals surface area contributed by atoms with Gasteiger partial charge in [-0.3, -0.25) is 0 Å². The van der Waals surface area contributed by atoms with E-state index in [1.54, 1.807) is 12.1 Å². The van der Waals surface area contributed by atoms with Crippen LogP contribution in [0.5, 0.6) is 5.75 Å². The lowest BCUT2D eigenvalue weighted by Crippen LogP contribution is -2.33. The Balaban J connectivity index is 1.94. The quantitative estimate of drug-likeness (QED) is 0.774. The summed E-state index contributed by atoms with van der Waals surface area (Å²) in [5.41, 5.74) is 1.37. The molecule has 0 radical (unpaired) electrons. The number of hydrogen-bond donors (Lipinski definition) is 0. The summed E-state index contributed by atoms with van der Waals surface area (Å²) < 4.78 is 21.1. The van der Waals surface area contributed by atoms with Crippen molar-refractivity contribution in [2.45, 2.75) is 13.0 Å². The minimum absolute atomic E-state index is 0.0330. The van der Waals surface area contributed by atoms with E-state index in [2.05, 4.69) is 0 Å². The normalized spacial score (nSPS) is 18.9. The van der Waals surface area contributed by atoms with Crippen LogP contribution in [0.1, 0.15) is 15.9 Å². The van der Waals surface area contributed by atoms with Gasteiger partial charge in [-0.2, -0.15) is 0 Å². The summed E-state index contributed by atoms with van der Waals surface area (Å²) in [6.07, 6.45) is -0.0330. The monoisotopic (exact) mass is 266 g/mol. The van der Waals surface area contributed by atoms with Gasteiger partial charge in [0.1, 0.15) is 18.5 Å². The van der Waals surface area contributed by atoms with Crippen LogP contribution in [0.15, 0.2) is 18.2 Å². The summed E-state index contributed by atoms with van der Waals surface area (Å²) in [4.78, 5) is 11.5. The predicted octanol–water partition coefficient (Wildman–Crippen LogP) is 1.58. The smallest absolute Gasteiger partial charge is 0.338 e. The van der Waals surface area contributed by atoms with E-state index in [0.29, 0.717) is 37.7 Å².